The summed E-state index contributed by atoms with van der Waals surface area (Å²) in [5.41, 5.74) is 2.82. The fraction of sp³-hybridized carbons (Fsp3) is 0.346. The highest BCUT2D eigenvalue weighted by molar-refractivity contribution is 7.09. The second-order valence-electron chi connectivity index (χ2n) is 8.61. The molecule has 4 nitrogen and oxygen atoms in total. The van der Waals surface area contributed by atoms with Gasteiger partial charge in [0.15, 0.2) is 0 Å². The number of carbonyl (C=O) groups excluding carboxylic acids is 1. The Morgan fingerprint density at radius 3 is 2.48 bits per heavy atom. The molecule has 0 radical (unpaired) electrons. The topological polar surface area (TPSA) is 32.8 Å². The average Bonchev–Trinajstić information content (AvgIpc) is 3.26. The van der Waals surface area contributed by atoms with Gasteiger partial charge in [0.05, 0.1) is 12.2 Å². The van der Waals surface area contributed by atoms with E-state index in [1.807, 2.05) is 36.1 Å². The van der Waals surface area contributed by atoms with Crippen molar-refractivity contribution in [1.29, 1.82) is 0 Å². The maximum Gasteiger partial charge on any atom is 0.254 e. The number of thiophene rings is 1. The van der Waals surface area contributed by atoms with E-state index in [0.29, 0.717) is 0 Å². The Morgan fingerprint density at radius 2 is 1.71 bits per heavy atom. The number of para-hydroxylation sites is 2. The van der Waals surface area contributed by atoms with Crippen LogP contribution in [0.15, 0.2) is 66.0 Å². The average molecular weight is 433 g/mol. The van der Waals surface area contributed by atoms with Crippen molar-refractivity contribution in [3.8, 4) is 5.75 Å². The van der Waals surface area contributed by atoms with E-state index < -0.39 is 0 Å². The smallest absolute Gasteiger partial charge is 0.254 e. The number of anilines is 1. The van der Waals surface area contributed by atoms with E-state index in [-0.39, 0.29) is 11.5 Å². The van der Waals surface area contributed by atoms with Crippen molar-refractivity contribution >= 4 is 22.9 Å². The molecule has 0 unspecified atom stereocenters. The van der Waals surface area contributed by atoms with Crippen LogP contribution in [-0.4, -0.2) is 36.0 Å². The van der Waals surface area contributed by atoms with Gasteiger partial charge in [0.1, 0.15) is 11.4 Å². The van der Waals surface area contributed by atoms with Crippen molar-refractivity contribution < 1.29 is 9.53 Å². The number of hydrogen-bond donors (Lipinski definition) is 0. The first-order valence-corrected chi connectivity index (χ1v) is 11.9. The van der Waals surface area contributed by atoms with Gasteiger partial charge in [-0.25, -0.2) is 0 Å². The van der Waals surface area contributed by atoms with Gasteiger partial charge in [0, 0.05) is 49.3 Å². The molecule has 1 spiro atoms. The van der Waals surface area contributed by atoms with Crippen molar-refractivity contribution in [2.75, 3.05) is 24.5 Å². The second-order valence-corrected chi connectivity index (χ2v) is 9.64. The number of likely N-dealkylation sites (tertiary alicyclic amines) is 1. The van der Waals surface area contributed by atoms with E-state index in [0.717, 1.165) is 62.3 Å². The van der Waals surface area contributed by atoms with Crippen LogP contribution in [0.1, 0.15) is 40.1 Å². The molecular formula is C26H28N2O2S. The van der Waals surface area contributed by atoms with Gasteiger partial charge in [0.2, 0.25) is 0 Å². The fourth-order valence-corrected chi connectivity index (χ4v) is 5.48. The number of rotatable bonds is 3. The SMILES string of the molecule is Cc1ccccc1C(=O)N1CCC2(CC1)CCN(Cc1cccs1)c1ccccc1O2. The zero-order chi connectivity index (χ0) is 21.3. The van der Waals surface area contributed by atoms with E-state index in [4.69, 9.17) is 4.74 Å². The number of aryl methyl sites for hydroxylation is 1. The van der Waals surface area contributed by atoms with Crippen LogP contribution in [0.3, 0.4) is 0 Å². The number of nitrogens with zero attached hydrogens (tertiary/aromatic N) is 2. The first-order chi connectivity index (χ1) is 15.1. The minimum atomic E-state index is -0.206. The van der Waals surface area contributed by atoms with E-state index in [1.165, 1.54) is 10.6 Å². The van der Waals surface area contributed by atoms with E-state index in [1.54, 1.807) is 11.3 Å². The summed E-state index contributed by atoms with van der Waals surface area (Å²) in [6, 6.07) is 20.6. The standard InChI is InChI=1S/C26H28N2O2S/c1-20-7-2-3-9-22(20)25(29)27-15-12-26(13-16-27)14-17-28(19-21-8-6-18-31-21)23-10-4-5-11-24(23)30-26/h2-11,18H,12-17,19H2,1H3. The lowest BCUT2D eigenvalue weighted by atomic mass is 9.87. The Morgan fingerprint density at radius 1 is 0.968 bits per heavy atom. The lowest BCUT2D eigenvalue weighted by Gasteiger charge is -2.41. The molecular weight excluding hydrogens is 404 g/mol. The molecule has 0 atom stereocenters. The molecule has 160 valence electrons. The summed E-state index contributed by atoms with van der Waals surface area (Å²) in [4.78, 5) is 18.9. The number of fused-ring (bicyclic) bond motifs is 1. The highest BCUT2D eigenvalue weighted by atomic mass is 32.1. The lowest BCUT2D eigenvalue weighted by molar-refractivity contribution is 0.00237. The Kier molecular flexibility index (Phi) is 5.45. The molecule has 2 aliphatic heterocycles. The minimum Gasteiger partial charge on any atom is -0.485 e. The summed E-state index contributed by atoms with van der Waals surface area (Å²) in [7, 11) is 0. The monoisotopic (exact) mass is 432 g/mol. The van der Waals surface area contributed by atoms with Gasteiger partial charge >= 0.3 is 0 Å². The molecule has 5 heteroatoms. The summed E-state index contributed by atoms with van der Waals surface area (Å²) in [6.45, 7) is 5.35. The van der Waals surface area contributed by atoms with Crippen LogP contribution < -0.4 is 9.64 Å². The Hall–Kier alpha value is -2.79. The molecule has 3 aromatic rings. The van der Waals surface area contributed by atoms with Crippen molar-refractivity contribution in [2.45, 2.75) is 38.3 Å². The maximum atomic E-state index is 13.1. The van der Waals surface area contributed by atoms with E-state index in [9.17, 15) is 4.79 Å². The van der Waals surface area contributed by atoms with Crippen LogP contribution >= 0.6 is 11.3 Å². The number of hydrogen-bond acceptors (Lipinski definition) is 4. The molecule has 1 amide bonds. The molecule has 2 aliphatic rings. The Bertz CT molecular complexity index is 1050. The third-order valence-electron chi connectivity index (χ3n) is 6.63. The largest absolute Gasteiger partial charge is 0.485 e. The minimum absolute atomic E-state index is 0.140. The fourth-order valence-electron chi connectivity index (χ4n) is 4.76. The van der Waals surface area contributed by atoms with Crippen LogP contribution in [0.4, 0.5) is 5.69 Å². The molecule has 1 saturated heterocycles. The normalized spacial score (nSPS) is 17.7. The van der Waals surface area contributed by atoms with Crippen LogP contribution in [-0.2, 0) is 6.54 Å². The number of ether oxygens (including phenoxy) is 1. The number of piperidine rings is 1. The third-order valence-corrected chi connectivity index (χ3v) is 7.50. The summed E-state index contributed by atoms with van der Waals surface area (Å²) in [6.07, 6.45) is 2.71. The van der Waals surface area contributed by atoms with Crippen molar-refractivity contribution in [2.24, 2.45) is 0 Å². The first kappa shape index (κ1) is 20.1. The highest BCUT2D eigenvalue weighted by Crippen LogP contribution is 2.41. The summed E-state index contributed by atoms with van der Waals surface area (Å²) < 4.78 is 6.72. The predicted octanol–water partition coefficient (Wildman–Crippen LogP) is 5.52. The number of amides is 1. The number of benzene rings is 2. The molecule has 0 N–H and O–H groups in total. The van der Waals surface area contributed by atoms with Gasteiger partial charge in [-0.15, -0.1) is 11.3 Å². The predicted molar refractivity (Wildman–Crippen MR) is 126 cm³/mol. The van der Waals surface area contributed by atoms with Crippen LogP contribution in [0.2, 0.25) is 0 Å². The van der Waals surface area contributed by atoms with Crippen LogP contribution in [0.5, 0.6) is 5.75 Å². The zero-order valence-electron chi connectivity index (χ0n) is 17.9. The second kappa shape index (κ2) is 8.39. The molecule has 0 aliphatic carbocycles. The Labute approximate surface area is 188 Å². The molecule has 3 heterocycles. The molecule has 0 saturated carbocycles. The Balaban J connectivity index is 1.33. The maximum absolute atomic E-state index is 13.1. The van der Waals surface area contributed by atoms with Crippen molar-refractivity contribution in [3.05, 3.63) is 82.0 Å². The van der Waals surface area contributed by atoms with Gasteiger partial charge in [-0.05, 0) is 42.1 Å². The molecule has 5 rings (SSSR count). The summed E-state index contributed by atoms with van der Waals surface area (Å²) in [5.74, 6) is 1.11. The van der Waals surface area contributed by atoms with Crippen LogP contribution in [0, 0.1) is 6.92 Å². The van der Waals surface area contributed by atoms with E-state index >= 15 is 0 Å². The summed E-state index contributed by atoms with van der Waals surface area (Å²) in [5, 5.41) is 2.14. The van der Waals surface area contributed by atoms with E-state index in [2.05, 4.69) is 46.7 Å². The lowest BCUT2D eigenvalue weighted by Crippen LogP contribution is -2.50. The van der Waals surface area contributed by atoms with Crippen molar-refractivity contribution in [1.82, 2.24) is 4.90 Å². The van der Waals surface area contributed by atoms with Gasteiger partial charge in [-0.3, -0.25) is 4.79 Å². The van der Waals surface area contributed by atoms with Gasteiger partial charge in [-0.1, -0.05) is 36.4 Å². The molecule has 1 fully saturated rings. The molecule has 31 heavy (non-hydrogen) atoms. The van der Waals surface area contributed by atoms with Gasteiger partial charge < -0.3 is 14.5 Å². The summed E-state index contributed by atoms with van der Waals surface area (Å²) >= 11 is 1.80. The molecule has 0 bridgehead atoms. The third kappa shape index (κ3) is 4.07. The highest BCUT2D eigenvalue weighted by Gasteiger charge is 2.40. The van der Waals surface area contributed by atoms with Crippen LogP contribution in [0.25, 0.3) is 0 Å². The number of carbonyl (C=O) groups is 1. The van der Waals surface area contributed by atoms with Gasteiger partial charge in [-0.2, -0.15) is 0 Å². The van der Waals surface area contributed by atoms with Crippen molar-refractivity contribution in [3.63, 3.8) is 0 Å². The zero-order valence-corrected chi connectivity index (χ0v) is 18.7. The molecule has 2 aromatic carbocycles. The molecule has 1 aromatic heterocycles. The van der Waals surface area contributed by atoms with Gasteiger partial charge in [0.25, 0.3) is 5.91 Å². The quantitative estimate of drug-likeness (QED) is 0.546. The first-order valence-electron chi connectivity index (χ1n) is 11.0.